The summed E-state index contributed by atoms with van der Waals surface area (Å²) < 4.78 is 31.2. The molecule has 1 amide bonds. The van der Waals surface area contributed by atoms with Crippen molar-refractivity contribution in [3.8, 4) is 5.75 Å². The molecule has 150 valence electrons. The summed E-state index contributed by atoms with van der Waals surface area (Å²) in [4.78, 5) is 24.1. The van der Waals surface area contributed by atoms with Gasteiger partial charge in [0, 0.05) is 25.7 Å². The van der Waals surface area contributed by atoms with E-state index in [-0.39, 0.29) is 16.2 Å². The van der Waals surface area contributed by atoms with Crippen molar-refractivity contribution in [1.82, 2.24) is 9.62 Å². The van der Waals surface area contributed by atoms with Crippen molar-refractivity contribution in [2.75, 3.05) is 21.2 Å². The van der Waals surface area contributed by atoms with Gasteiger partial charge in [-0.25, -0.2) is 12.7 Å². The molecule has 1 aliphatic carbocycles. The highest BCUT2D eigenvalue weighted by atomic mass is 32.2. The first-order valence-electron chi connectivity index (χ1n) is 8.82. The van der Waals surface area contributed by atoms with Crippen LogP contribution >= 0.6 is 0 Å². The van der Waals surface area contributed by atoms with Crippen LogP contribution in [-0.2, 0) is 14.8 Å². The summed E-state index contributed by atoms with van der Waals surface area (Å²) in [5, 5.41) is 12.2. The van der Waals surface area contributed by atoms with Crippen LogP contribution in [0.4, 0.5) is 0 Å². The van der Waals surface area contributed by atoms with Crippen molar-refractivity contribution >= 4 is 21.9 Å². The maximum absolute atomic E-state index is 12.7. The molecule has 9 heteroatoms. The Balaban J connectivity index is 2.32. The van der Waals surface area contributed by atoms with Crippen LogP contribution in [0.1, 0.15) is 42.5 Å². The van der Waals surface area contributed by atoms with E-state index < -0.39 is 33.9 Å². The summed E-state index contributed by atoms with van der Waals surface area (Å²) in [6, 6.07) is 3.67. The monoisotopic (exact) mass is 398 g/mol. The van der Waals surface area contributed by atoms with Gasteiger partial charge in [-0.1, -0.05) is 19.3 Å². The molecule has 2 atom stereocenters. The van der Waals surface area contributed by atoms with Gasteiger partial charge in [0.15, 0.2) is 0 Å². The number of hydrogen-bond acceptors (Lipinski definition) is 5. The summed E-state index contributed by atoms with van der Waals surface area (Å²) in [6.07, 6.45) is 3.70. The number of amides is 1. The molecule has 0 aromatic heterocycles. The van der Waals surface area contributed by atoms with E-state index in [1.807, 2.05) is 0 Å². The largest absolute Gasteiger partial charge is 0.495 e. The number of carbonyl (C=O) groups excluding carboxylic acids is 1. The number of carbonyl (C=O) groups is 2. The van der Waals surface area contributed by atoms with Crippen LogP contribution in [0, 0.1) is 5.92 Å². The molecule has 0 saturated heterocycles. The highest BCUT2D eigenvalue weighted by molar-refractivity contribution is 7.89. The van der Waals surface area contributed by atoms with E-state index >= 15 is 0 Å². The SMILES string of the molecule is COc1ccc(C(=O)N[C@H]2CCCCC[C@H]2C(=O)O)cc1S(=O)(=O)N(C)C. The highest BCUT2D eigenvalue weighted by Crippen LogP contribution is 2.28. The molecule has 0 aliphatic heterocycles. The van der Waals surface area contributed by atoms with Crippen LogP contribution < -0.4 is 10.1 Å². The normalized spacial score (nSPS) is 20.7. The topological polar surface area (TPSA) is 113 Å². The van der Waals surface area contributed by atoms with Gasteiger partial charge in [0.1, 0.15) is 10.6 Å². The molecule has 0 radical (unpaired) electrons. The van der Waals surface area contributed by atoms with Gasteiger partial charge < -0.3 is 15.2 Å². The number of ether oxygens (including phenoxy) is 1. The predicted octanol–water partition coefficient (Wildman–Crippen LogP) is 1.71. The summed E-state index contributed by atoms with van der Waals surface area (Å²) in [7, 11) is 0.336. The first-order chi connectivity index (χ1) is 12.7. The summed E-state index contributed by atoms with van der Waals surface area (Å²) in [5.41, 5.74) is 0.143. The molecule has 1 aromatic rings. The van der Waals surface area contributed by atoms with Crippen LogP contribution in [0.25, 0.3) is 0 Å². The molecule has 0 bridgehead atoms. The summed E-state index contributed by atoms with van der Waals surface area (Å²) in [5.74, 6) is -1.92. The van der Waals surface area contributed by atoms with E-state index in [4.69, 9.17) is 4.74 Å². The van der Waals surface area contributed by atoms with Crippen LogP contribution in [0.15, 0.2) is 23.1 Å². The van der Waals surface area contributed by atoms with Gasteiger partial charge in [0.05, 0.1) is 13.0 Å². The zero-order chi connectivity index (χ0) is 20.2. The second kappa shape index (κ2) is 8.71. The Morgan fingerprint density at radius 3 is 2.44 bits per heavy atom. The van der Waals surface area contributed by atoms with Gasteiger partial charge in [0.25, 0.3) is 5.91 Å². The molecule has 0 spiro atoms. The zero-order valence-electron chi connectivity index (χ0n) is 15.8. The zero-order valence-corrected chi connectivity index (χ0v) is 16.6. The molecule has 1 aromatic carbocycles. The number of aliphatic carboxylic acids is 1. The predicted molar refractivity (Wildman–Crippen MR) is 99.3 cm³/mol. The van der Waals surface area contributed by atoms with Crippen molar-refractivity contribution in [3.63, 3.8) is 0 Å². The average molecular weight is 398 g/mol. The smallest absolute Gasteiger partial charge is 0.308 e. The maximum Gasteiger partial charge on any atom is 0.308 e. The van der Waals surface area contributed by atoms with E-state index in [1.165, 1.54) is 39.4 Å². The Kier molecular flexibility index (Phi) is 6.83. The second-order valence-electron chi connectivity index (χ2n) is 6.82. The molecule has 1 fully saturated rings. The van der Waals surface area contributed by atoms with Gasteiger partial charge in [-0.2, -0.15) is 0 Å². The van der Waals surface area contributed by atoms with E-state index in [2.05, 4.69) is 5.32 Å². The molecule has 2 rings (SSSR count). The number of hydrogen-bond donors (Lipinski definition) is 2. The van der Waals surface area contributed by atoms with Crippen molar-refractivity contribution in [2.45, 2.75) is 43.0 Å². The lowest BCUT2D eigenvalue weighted by atomic mass is 9.94. The summed E-state index contributed by atoms with van der Waals surface area (Å²) in [6.45, 7) is 0. The van der Waals surface area contributed by atoms with Gasteiger partial charge in [0.2, 0.25) is 10.0 Å². The van der Waals surface area contributed by atoms with Gasteiger partial charge in [-0.3, -0.25) is 9.59 Å². The molecule has 0 unspecified atom stereocenters. The van der Waals surface area contributed by atoms with Crippen molar-refractivity contribution in [3.05, 3.63) is 23.8 Å². The minimum Gasteiger partial charge on any atom is -0.495 e. The lowest BCUT2D eigenvalue weighted by Gasteiger charge is -2.23. The van der Waals surface area contributed by atoms with E-state index in [1.54, 1.807) is 0 Å². The van der Waals surface area contributed by atoms with E-state index in [0.717, 1.165) is 23.6 Å². The van der Waals surface area contributed by atoms with Crippen molar-refractivity contribution < 1.29 is 27.9 Å². The third-order valence-electron chi connectivity index (χ3n) is 4.83. The molecule has 8 nitrogen and oxygen atoms in total. The number of rotatable bonds is 6. The molecule has 1 aliphatic rings. The second-order valence-corrected chi connectivity index (χ2v) is 8.94. The summed E-state index contributed by atoms with van der Waals surface area (Å²) >= 11 is 0. The van der Waals surface area contributed by atoms with Crippen LogP contribution in [-0.4, -0.2) is 57.0 Å². The molecule has 0 heterocycles. The number of carboxylic acid groups (broad SMARTS) is 1. The molecule has 1 saturated carbocycles. The van der Waals surface area contributed by atoms with E-state index in [9.17, 15) is 23.1 Å². The van der Waals surface area contributed by atoms with E-state index in [0.29, 0.717) is 12.8 Å². The van der Waals surface area contributed by atoms with Crippen molar-refractivity contribution in [1.29, 1.82) is 0 Å². The fraction of sp³-hybridized carbons (Fsp3) is 0.556. The number of carboxylic acids is 1. The number of methoxy groups -OCH3 is 1. The first kappa shape index (κ1) is 21.2. The molecular weight excluding hydrogens is 372 g/mol. The maximum atomic E-state index is 12.7. The highest BCUT2D eigenvalue weighted by Gasteiger charge is 2.31. The lowest BCUT2D eigenvalue weighted by molar-refractivity contribution is -0.142. The van der Waals surface area contributed by atoms with Crippen molar-refractivity contribution in [2.24, 2.45) is 5.92 Å². The number of benzene rings is 1. The minimum absolute atomic E-state index is 0.113. The third-order valence-corrected chi connectivity index (χ3v) is 6.67. The first-order valence-corrected chi connectivity index (χ1v) is 10.3. The van der Waals surface area contributed by atoms with Gasteiger partial charge in [-0.05, 0) is 31.0 Å². The van der Waals surface area contributed by atoms with Crippen LogP contribution in [0.2, 0.25) is 0 Å². The molecule has 27 heavy (non-hydrogen) atoms. The number of sulfonamides is 1. The molecular formula is C18H26N2O6S. The Bertz CT molecular complexity index is 806. The van der Waals surface area contributed by atoms with Crippen LogP contribution in [0.5, 0.6) is 5.75 Å². The minimum atomic E-state index is -3.80. The fourth-order valence-electron chi connectivity index (χ4n) is 3.24. The van der Waals surface area contributed by atoms with Crippen LogP contribution in [0.3, 0.4) is 0 Å². The standard InChI is InChI=1S/C18H26N2O6S/c1-20(2)27(24,25)16-11-12(9-10-15(16)26-3)17(21)19-14-8-6-4-5-7-13(14)18(22)23/h9-11,13-14H,4-8H2,1-3H3,(H,19,21)(H,22,23)/t13-,14+/m1/s1. The third kappa shape index (κ3) is 4.78. The average Bonchev–Trinajstić information content (AvgIpc) is 2.86. The van der Waals surface area contributed by atoms with Gasteiger partial charge in [-0.15, -0.1) is 0 Å². The number of nitrogens with one attached hydrogen (secondary N) is 1. The number of nitrogens with zero attached hydrogens (tertiary/aromatic N) is 1. The van der Waals surface area contributed by atoms with Gasteiger partial charge >= 0.3 is 5.97 Å². The fourth-order valence-corrected chi connectivity index (χ4v) is 4.32. The molecule has 2 N–H and O–H groups in total. The Morgan fingerprint density at radius 1 is 1.19 bits per heavy atom. The Labute approximate surface area is 159 Å². The Morgan fingerprint density at radius 2 is 1.85 bits per heavy atom. The Hall–Kier alpha value is -2.13. The lowest BCUT2D eigenvalue weighted by Crippen LogP contribution is -2.42. The quantitative estimate of drug-likeness (QED) is 0.706.